The molecular weight excluding hydrogens is 465 g/mol. The van der Waals surface area contributed by atoms with E-state index < -0.39 is 27.1 Å². The van der Waals surface area contributed by atoms with Crippen LogP contribution in [-0.4, -0.2) is 30.7 Å². The maximum absolute atomic E-state index is 13.5. The van der Waals surface area contributed by atoms with Crippen molar-refractivity contribution in [3.8, 4) is 16.6 Å². The number of nitrogens with zero attached hydrogens (tertiary/aromatic N) is 2. The zero-order chi connectivity index (χ0) is 22.9. The number of sulfone groups is 1. The molecule has 0 aliphatic heterocycles. The Morgan fingerprint density at radius 3 is 2.48 bits per heavy atom. The Balaban J connectivity index is 2.08. The Hall–Kier alpha value is -1.57. The highest BCUT2D eigenvalue weighted by molar-refractivity contribution is 8.00. The number of hydrogen-bond donors (Lipinski definition) is 0. The minimum absolute atomic E-state index is 0.0467. The van der Waals surface area contributed by atoms with Gasteiger partial charge in [0, 0.05) is 5.75 Å². The summed E-state index contributed by atoms with van der Waals surface area (Å²) in [6, 6.07) is 5.83. The highest BCUT2D eigenvalue weighted by Crippen LogP contribution is 2.38. The van der Waals surface area contributed by atoms with E-state index in [1.807, 2.05) is 0 Å². The van der Waals surface area contributed by atoms with E-state index in [0.717, 1.165) is 49.9 Å². The van der Waals surface area contributed by atoms with Gasteiger partial charge >= 0.3 is 6.18 Å². The Kier molecular flexibility index (Phi) is 9.85. The van der Waals surface area contributed by atoms with Crippen molar-refractivity contribution in [1.29, 1.82) is 5.26 Å². The smallest absolute Gasteiger partial charge is 0.239 e. The second-order valence-corrected chi connectivity index (χ2v) is 11.4. The minimum Gasteiger partial charge on any atom is -0.239 e. The van der Waals surface area contributed by atoms with Crippen molar-refractivity contribution in [2.45, 2.75) is 56.7 Å². The van der Waals surface area contributed by atoms with E-state index in [4.69, 9.17) is 0 Å². The van der Waals surface area contributed by atoms with Crippen LogP contribution in [0.2, 0.25) is 0 Å². The summed E-state index contributed by atoms with van der Waals surface area (Å²) in [5, 5.41) is 11.0. The molecule has 0 radical (unpaired) electrons. The summed E-state index contributed by atoms with van der Waals surface area (Å²) in [6.07, 6.45) is 1.09. The maximum atomic E-state index is 13.5. The van der Waals surface area contributed by atoms with Crippen LogP contribution in [0.25, 0.3) is 10.6 Å². The lowest BCUT2D eigenvalue weighted by Crippen LogP contribution is -2.14. The van der Waals surface area contributed by atoms with Gasteiger partial charge in [-0.1, -0.05) is 45.1 Å². The number of aromatic nitrogens is 1. The second kappa shape index (κ2) is 11.9. The first-order valence-electron chi connectivity index (χ1n) is 10.1. The topological polar surface area (TPSA) is 70.8 Å². The Labute approximate surface area is 189 Å². The number of thiophene rings is 1. The summed E-state index contributed by atoms with van der Waals surface area (Å²) >= 11 is 2.13. The molecule has 0 N–H and O–H groups in total. The van der Waals surface area contributed by atoms with Crippen molar-refractivity contribution in [3.63, 3.8) is 0 Å². The lowest BCUT2D eigenvalue weighted by atomic mass is 10.1. The number of thioether (sulfide) groups is 1. The summed E-state index contributed by atoms with van der Waals surface area (Å²) in [7, 11) is -3.31. The predicted molar refractivity (Wildman–Crippen MR) is 120 cm³/mol. The highest BCUT2D eigenvalue weighted by Gasteiger charge is 2.36. The highest BCUT2D eigenvalue weighted by atomic mass is 32.2. The average Bonchev–Trinajstić information content (AvgIpc) is 3.24. The monoisotopic (exact) mass is 490 g/mol. The van der Waals surface area contributed by atoms with Crippen molar-refractivity contribution in [2.24, 2.45) is 0 Å². The van der Waals surface area contributed by atoms with E-state index in [0.29, 0.717) is 11.3 Å². The Morgan fingerprint density at radius 1 is 1.16 bits per heavy atom. The summed E-state index contributed by atoms with van der Waals surface area (Å²) in [6.45, 7) is 2.11. The molecule has 2 aromatic rings. The largest absolute Gasteiger partial charge is 0.417 e. The molecule has 0 aromatic carbocycles. The molecule has 0 spiro atoms. The van der Waals surface area contributed by atoms with Gasteiger partial charge in [-0.3, -0.25) is 0 Å². The van der Waals surface area contributed by atoms with Crippen LogP contribution in [0.3, 0.4) is 0 Å². The second-order valence-electron chi connectivity index (χ2n) is 7.09. The molecule has 0 saturated carbocycles. The fourth-order valence-electron chi connectivity index (χ4n) is 2.98. The summed E-state index contributed by atoms with van der Waals surface area (Å²) in [4.78, 5) is 4.79. The molecule has 0 aliphatic rings. The van der Waals surface area contributed by atoms with E-state index in [2.05, 4.69) is 11.9 Å². The number of hydrogen-bond acceptors (Lipinski definition) is 6. The van der Waals surface area contributed by atoms with Gasteiger partial charge in [-0.25, -0.2) is 13.4 Å². The minimum atomic E-state index is -4.71. The van der Waals surface area contributed by atoms with Gasteiger partial charge in [0.15, 0.2) is 9.84 Å². The van der Waals surface area contributed by atoms with Gasteiger partial charge in [0.1, 0.15) is 11.1 Å². The van der Waals surface area contributed by atoms with E-state index in [1.54, 1.807) is 23.6 Å². The van der Waals surface area contributed by atoms with Crippen molar-refractivity contribution >= 4 is 32.9 Å². The molecule has 2 aromatic heterocycles. The molecular formula is C21H25F3N2O2S3. The van der Waals surface area contributed by atoms with Crippen LogP contribution in [-0.2, 0) is 16.0 Å². The molecule has 4 nitrogen and oxygen atoms in total. The van der Waals surface area contributed by atoms with Crippen LogP contribution < -0.4 is 0 Å². The number of nitriles is 1. The van der Waals surface area contributed by atoms with Crippen LogP contribution in [0.1, 0.15) is 56.6 Å². The standard InChI is InChI=1S/C21H25F3N2O2S3/c1-2-3-4-5-6-7-12-31(27,28)13-11-30-20-16(15-25)17(21(22,23)24)14-18(26-20)19-9-8-10-29-19/h8-10,14H,2-7,11-13H2,1H3. The molecule has 170 valence electrons. The van der Waals surface area contributed by atoms with Crippen molar-refractivity contribution < 1.29 is 21.6 Å². The zero-order valence-corrected chi connectivity index (χ0v) is 19.7. The van der Waals surface area contributed by atoms with Crippen LogP contribution in [0.5, 0.6) is 0 Å². The Morgan fingerprint density at radius 2 is 1.87 bits per heavy atom. The first-order valence-corrected chi connectivity index (χ1v) is 13.8. The van der Waals surface area contributed by atoms with Crippen LogP contribution in [0.4, 0.5) is 13.2 Å². The van der Waals surface area contributed by atoms with Gasteiger partial charge in [-0.15, -0.1) is 23.1 Å². The predicted octanol–water partition coefficient (Wildman–Crippen LogP) is 6.57. The van der Waals surface area contributed by atoms with Gasteiger partial charge in [-0.05, 0) is 23.9 Å². The van der Waals surface area contributed by atoms with Gasteiger partial charge < -0.3 is 0 Å². The number of alkyl halides is 3. The van der Waals surface area contributed by atoms with E-state index >= 15 is 0 Å². The third kappa shape index (κ3) is 8.13. The molecule has 0 unspecified atom stereocenters. The first-order chi connectivity index (χ1) is 14.7. The van der Waals surface area contributed by atoms with Crippen LogP contribution in [0, 0.1) is 11.3 Å². The molecule has 31 heavy (non-hydrogen) atoms. The third-order valence-corrected chi connectivity index (χ3v) is 8.48. The molecule has 0 bridgehead atoms. The molecule has 0 fully saturated rings. The molecule has 2 rings (SSSR count). The van der Waals surface area contributed by atoms with Gasteiger partial charge in [0.25, 0.3) is 0 Å². The van der Waals surface area contributed by atoms with Crippen molar-refractivity contribution in [1.82, 2.24) is 4.98 Å². The molecule has 0 saturated heterocycles. The Bertz CT molecular complexity index is 983. The van der Waals surface area contributed by atoms with Crippen LogP contribution in [0.15, 0.2) is 28.6 Å². The van der Waals surface area contributed by atoms with Crippen LogP contribution >= 0.6 is 23.1 Å². The number of halogens is 3. The fourth-order valence-corrected chi connectivity index (χ4v) is 6.52. The SMILES string of the molecule is CCCCCCCCS(=O)(=O)CCSc1nc(-c2cccs2)cc(C(F)(F)F)c1C#N. The fraction of sp³-hybridized carbons (Fsp3) is 0.524. The first kappa shape index (κ1) is 25.7. The zero-order valence-electron chi connectivity index (χ0n) is 17.2. The lowest BCUT2D eigenvalue weighted by Gasteiger charge is -2.13. The number of pyridine rings is 1. The van der Waals surface area contributed by atoms with Crippen molar-refractivity contribution in [3.05, 3.63) is 34.7 Å². The average molecular weight is 491 g/mol. The summed E-state index contributed by atoms with van der Waals surface area (Å²) in [5.41, 5.74) is -1.49. The summed E-state index contributed by atoms with van der Waals surface area (Å²) < 4.78 is 65.1. The molecule has 0 atom stereocenters. The van der Waals surface area contributed by atoms with Gasteiger partial charge in [0.05, 0.1) is 33.2 Å². The van der Waals surface area contributed by atoms with Gasteiger partial charge in [-0.2, -0.15) is 18.4 Å². The van der Waals surface area contributed by atoms with Crippen molar-refractivity contribution in [2.75, 3.05) is 17.3 Å². The normalized spacial score (nSPS) is 12.1. The molecule has 0 amide bonds. The van der Waals surface area contributed by atoms with E-state index in [1.165, 1.54) is 11.3 Å². The van der Waals surface area contributed by atoms with E-state index in [9.17, 15) is 26.9 Å². The van der Waals surface area contributed by atoms with Gasteiger partial charge in [0.2, 0.25) is 0 Å². The summed E-state index contributed by atoms with van der Waals surface area (Å²) in [5.74, 6) is -0.0456. The molecule has 0 aliphatic carbocycles. The molecule has 2 heterocycles. The lowest BCUT2D eigenvalue weighted by molar-refractivity contribution is -0.138. The third-order valence-electron chi connectivity index (χ3n) is 4.62. The maximum Gasteiger partial charge on any atom is 0.417 e. The molecule has 10 heteroatoms. The quantitative estimate of drug-likeness (QED) is 0.249. The number of unbranched alkanes of at least 4 members (excludes halogenated alkanes) is 5. The number of rotatable bonds is 12. The van der Waals surface area contributed by atoms with E-state index in [-0.39, 0.29) is 28.0 Å².